The van der Waals surface area contributed by atoms with E-state index in [9.17, 15) is 4.79 Å². The highest BCUT2D eigenvalue weighted by Gasteiger charge is 2.15. The first-order valence-electron chi connectivity index (χ1n) is 4.84. The summed E-state index contributed by atoms with van der Waals surface area (Å²) in [5.74, 6) is -0.0112. The highest BCUT2D eigenvalue weighted by atomic mass is 35.5. The van der Waals surface area contributed by atoms with E-state index in [2.05, 4.69) is 0 Å². The molecular weight excluding hydrogens is 234 g/mol. The highest BCUT2D eigenvalue weighted by molar-refractivity contribution is 7.17. The minimum Gasteiger partial charge on any atom is -0.396 e. The molecule has 1 rings (SSSR count). The number of thiophene rings is 1. The average molecular weight is 248 g/mol. The second kappa shape index (κ2) is 6.10. The van der Waals surface area contributed by atoms with Crippen LogP contribution >= 0.6 is 22.9 Å². The van der Waals surface area contributed by atoms with Crippen LogP contribution in [0.2, 0.25) is 4.34 Å². The van der Waals surface area contributed by atoms with Gasteiger partial charge >= 0.3 is 0 Å². The lowest BCUT2D eigenvalue weighted by atomic mass is 10.3. The molecule has 84 valence electrons. The molecule has 1 amide bonds. The Bertz CT molecular complexity index is 327. The van der Waals surface area contributed by atoms with Crippen molar-refractivity contribution in [3.63, 3.8) is 0 Å². The number of carbonyl (C=O) groups excluding carboxylic acids is 1. The maximum Gasteiger partial charge on any atom is 0.263 e. The first-order valence-corrected chi connectivity index (χ1v) is 6.04. The third-order valence-corrected chi connectivity index (χ3v) is 3.26. The Morgan fingerprint density at radius 1 is 1.60 bits per heavy atom. The molecule has 0 bridgehead atoms. The zero-order valence-electron chi connectivity index (χ0n) is 8.57. The molecule has 5 heteroatoms. The van der Waals surface area contributed by atoms with Crippen LogP contribution in [-0.2, 0) is 0 Å². The summed E-state index contributed by atoms with van der Waals surface area (Å²) in [5, 5.41) is 8.71. The van der Waals surface area contributed by atoms with Crippen LogP contribution in [-0.4, -0.2) is 35.6 Å². The SMILES string of the molecule is CCN(CCCO)C(=O)c1ccc(Cl)s1. The number of hydrogen-bond acceptors (Lipinski definition) is 3. The van der Waals surface area contributed by atoms with Crippen molar-refractivity contribution in [2.24, 2.45) is 0 Å². The van der Waals surface area contributed by atoms with Gasteiger partial charge in [-0.3, -0.25) is 4.79 Å². The van der Waals surface area contributed by atoms with Gasteiger partial charge < -0.3 is 10.0 Å². The van der Waals surface area contributed by atoms with Crippen molar-refractivity contribution in [2.45, 2.75) is 13.3 Å². The number of carbonyl (C=O) groups is 1. The molecule has 0 saturated carbocycles. The van der Waals surface area contributed by atoms with Gasteiger partial charge in [0.05, 0.1) is 9.21 Å². The van der Waals surface area contributed by atoms with E-state index in [1.807, 2.05) is 6.92 Å². The second-order valence-electron chi connectivity index (χ2n) is 3.07. The van der Waals surface area contributed by atoms with E-state index < -0.39 is 0 Å². The van der Waals surface area contributed by atoms with Gasteiger partial charge in [-0.15, -0.1) is 11.3 Å². The Hall–Kier alpha value is -0.580. The Morgan fingerprint density at radius 2 is 2.33 bits per heavy atom. The summed E-state index contributed by atoms with van der Waals surface area (Å²) < 4.78 is 0.622. The van der Waals surface area contributed by atoms with Crippen molar-refractivity contribution >= 4 is 28.8 Å². The lowest BCUT2D eigenvalue weighted by Gasteiger charge is -2.19. The Balaban J connectivity index is 2.64. The lowest BCUT2D eigenvalue weighted by molar-refractivity contribution is 0.0759. The molecule has 0 aromatic carbocycles. The summed E-state index contributed by atoms with van der Waals surface area (Å²) in [4.78, 5) is 14.3. The average Bonchev–Trinajstić information content (AvgIpc) is 2.65. The van der Waals surface area contributed by atoms with E-state index >= 15 is 0 Å². The summed E-state index contributed by atoms with van der Waals surface area (Å²) >= 11 is 7.05. The number of hydrogen-bond donors (Lipinski definition) is 1. The molecule has 0 spiro atoms. The van der Waals surface area contributed by atoms with Crippen LogP contribution in [0.4, 0.5) is 0 Å². The molecule has 0 saturated heterocycles. The molecule has 1 aromatic heterocycles. The zero-order valence-corrected chi connectivity index (χ0v) is 10.1. The predicted molar refractivity (Wildman–Crippen MR) is 62.6 cm³/mol. The van der Waals surface area contributed by atoms with Crippen LogP contribution in [0.1, 0.15) is 23.0 Å². The zero-order chi connectivity index (χ0) is 11.3. The molecule has 0 unspecified atom stereocenters. The van der Waals surface area contributed by atoms with Crippen molar-refractivity contribution in [1.29, 1.82) is 0 Å². The van der Waals surface area contributed by atoms with Crippen LogP contribution in [0.5, 0.6) is 0 Å². The van der Waals surface area contributed by atoms with Gasteiger partial charge in [0, 0.05) is 19.7 Å². The molecule has 0 aliphatic rings. The molecule has 1 N–H and O–H groups in total. The number of aliphatic hydroxyl groups is 1. The van der Waals surface area contributed by atoms with Crippen molar-refractivity contribution in [3.05, 3.63) is 21.3 Å². The molecule has 0 atom stereocenters. The molecule has 0 fully saturated rings. The van der Waals surface area contributed by atoms with Gasteiger partial charge in [-0.2, -0.15) is 0 Å². The maximum absolute atomic E-state index is 11.9. The minimum absolute atomic E-state index is 0.0112. The van der Waals surface area contributed by atoms with Gasteiger partial charge in [0.1, 0.15) is 0 Å². The number of rotatable bonds is 5. The molecule has 15 heavy (non-hydrogen) atoms. The van der Waals surface area contributed by atoms with E-state index in [0.29, 0.717) is 28.7 Å². The lowest BCUT2D eigenvalue weighted by Crippen LogP contribution is -2.31. The molecule has 3 nitrogen and oxygen atoms in total. The van der Waals surface area contributed by atoms with Gasteiger partial charge in [-0.25, -0.2) is 0 Å². The van der Waals surface area contributed by atoms with E-state index in [0.717, 1.165) is 0 Å². The van der Waals surface area contributed by atoms with Gasteiger partial charge in [0.15, 0.2) is 0 Å². The monoisotopic (exact) mass is 247 g/mol. The summed E-state index contributed by atoms with van der Waals surface area (Å²) in [5.41, 5.74) is 0. The highest BCUT2D eigenvalue weighted by Crippen LogP contribution is 2.22. The van der Waals surface area contributed by atoms with E-state index in [1.54, 1.807) is 17.0 Å². The van der Waals surface area contributed by atoms with Gasteiger partial charge in [0.25, 0.3) is 5.91 Å². The van der Waals surface area contributed by atoms with E-state index in [1.165, 1.54) is 11.3 Å². The normalized spacial score (nSPS) is 10.3. The number of halogens is 1. The largest absolute Gasteiger partial charge is 0.396 e. The molecule has 0 radical (unpaired) electrons. The van der Waals surface area contributed by atoms with Gasteiger partial charge in [-0.1, -0.05) is 11.6 Å². The van der Waals surface area contributed by atoms with Crippen LogP contribution < -0.4 is 0 Å². The first-order chi connectivity index (χ1) is 7.19. The molecule has 0 aliphatic heterocycles. The summed E-state index contributed by atoms with van der Waals surface area (Å²) in [6.07, 6.45) is 0.610. The summed E-state index contributed by atoms with van der Waals surface area (Å²) in [6, 6.07) is 3.45. The van der Waals surface area contributed by atoms with Crippen LogP contribution in [0.3, 0.4) is 0 Å². The van der Waals surface area contributed by atoms with Crippen molar-refractivity contribution in [1.82, 2.24) is 4.90 Å². The van der Waals surface area contributed by atoms with Crippen LogP contribution in [0, 0.1) is 0 Å². The molecular formula is C10H14ClNO2S. The Kier molecular flexibility index (Phi) is 5.08. The van der Waals surface area contributed by atoms with Crippen LogP contribution in [0.25, 0.3) is 0 Å². The standard InChI is InChI=1S/C10H14ClNO2S/c1-2-12(6-3-7-13)10(14)8-4-5-9(11)15-8/h4-5,13H,2-3,6-7H2,1H3. The Morgan fingerprint density at radius 3 is 2.80 bits per heavy atom. The topological polar surface area (TPSA) is 40.5 Å². The van der Waals surface area contributed by atoms with Gasteiger partial charge in [-0.05, 0) is 25.5 Å². The van der Waals surface area contributed by atoms with E-state index in [-0.39, 0.29) is 12.5 Å². The second-order valence-corrected chi connectivity index (χ2v) is 4.78. The van der Waals surface area contributed by atoms with E-state index in [4.69, 9.17) is 16.7 Å². The molecule has 1 heterocycles. The molecule has 0 aliphatic carbocycles. The summed E-state index contributed by atoms with van der Waals surface area (Å²) in [6.45, 7) is 3.26. The third kappa shape index (κ3) is 3.48. The number of nitrogens with zero attached hydrogens (tertiary/aromatic N) is 1. The first kappa shape index (κ1) is 12.5. The number of amides is 1. The fraction of sp³-hybridized carbons (Fsp3) is 0.500. The number of aliphatic hydroxyl groups excluding tert-OH is 1. The fourth-order valence-corrected chi connectivity index (χ4v) is 2.26. The van der Waals surface area contributed by atoms with Crippen molar-refractivity contribution < 1.29 is 9.90 Å². The van der Waals surface area contributed by atoms with Crippen molar-refractivity contribution in [2.75, 3.05) is 19.7 Å². The van der Waals surface area contributed by atoms with Crippen LogP contribution in [0.15, 0.2) is 12.1 Å². The smallest absolute Gasteiger partial charge is 0.263 e. The Labute approximate surface area is 98.3 Å². The van der Waals surface area contributed by atoms with Crippen molar-refractivity contribution in [3.8, 4) is 0 Å². The maximum atomic E-state index is 11.9. The molecule has 1 aromatic rings. The fourth-order valence-electron chi connectivity index (χ4n) is 1.25. The predicted octanol–water partition coefficient (Wildman–Crippen LogP) is 2.25. The summed E-state index contributed by atoms with van der Waals surface area (Å²) in [7, 11) is 0. The quantitative estimate of drug-likeness (QED) is 0.867. The third-order valence-electron chi connectivity index (χ3n) is 2.04. The van der Waals surface area contributed by atoms with Gasteiger partial charge in [0.2, 0.25) is 0 Å². The minimum atomic E-state index is -0.0112.